The summed E-state index contributed by atoms with van der Waals surface area (Å²) in [5.41, 5.74) is 1.42. The van der Waals surface area contributed by atoms with Gasteiger partial charge in [0.1, 0.15) is 5.75 Å². The lowest BCUT2D eigenvalue weighted by molar-refractivity contribution is -0.0501. The predicted molar refractivity (Wildman–Crippen MR) is 83.1 cm³/mol. The van der Waals surface area contributed by atoms with Gasteiger partial charge in [0.15, 0.2) is 5.78 Å². The Morgan fingerprint density at radius 3 is 2.43 bits per heavy atom. The van der Waals surface area contributed by atoms with Crippen molar-refractivity contribution in [1.29, 1.82) is 0 Å². The Bertz CT molecular complexity index is 687. The van der Waals surface area contributed by atoms with Gasteiger partial charge in [-0.2, -0.15) is 8.78 Å². The van der Waals surface area contributed by atoms with Crippen molar-refractivity contribution in [2.45, 2.75) is 13.5 Å². The van der Waals surface area contributed by atoms with Crippen LogP contribution in [0.5, 0.6) is 5.75 Å². The first kappa shape index (κ1) is 16.1. The van der Waals surface area contributed by atoms with E-state index < -0.39 is 6.61 Å². The zero-order chi connectivity index (χ0) is 15.6. The summed E-state index contributed by atoms with van der Waals surface area (Å²) in [7, 11) is 0. The average molecular weight is 420 g/mol. The molecule has 0 aromatic heterocycles. The molecule has 0 unspecified atom stereocenters. The van der Waals surface area contributed by atoms with Crippen molar-refractivity contribution in [2.75, 3.05) is 0 Å². The summed E-state index contributed by atoms with van der Waals surface area (Å²) in [6.45, 7) is -1.09. The van der Waals surface area contributed by atoms with Crippen LogP contribution in [0.4, 0.5) is 8.78 Å². The standard InChI is InChI=1S/C15H10Br2F2O2/c1-8-6-12(17)10(7-11(8)16)14(20)9-4-2-3-5-13(9)21-15(18)19/h2-7,15H,1H3. The minimum absolute atomic E-state index is 0.0919. The van der Waals surface area contributed by atoms with Crippen molar-refractivity contribution < 1.29 is 18.3 Å². The summed E-state index contributed by atoms with van der Waals surface area (Å²) in [5.74, 6) is -0.528. The first-order valence-corrected chi connectivity index (χ1v) is 7.53. The van der Waals surface area contributed by atoms with E-state index in [-0.39, 0.29) is 17.1 Å². The number of halogens is 4. The van der Waals surface area contributed by atoms with Crippen LogP contribution in [-0.2, 0) is 0 Å². The number of ketones is 1. The Balaban J connectivity index is 2.48. The third-order valence-corrected chi connectivity index (χ3v) is 4.35. The monoisotopic (exact) mass is 418 g/mol. The van der Waals surface area contributed by atoms with Gasteiger partial charge >= 0.3 is 6.61 Å². The molecule has 0 N–H and O–H groups in total. The smallest absolute Gasteiger partial charge is 0.387 e. The molecule has 21 heavy (non-hydrogen) atoms. The topological polar surface area (TPSA) is 26.3 Å². The summed E-state index contributed by atoms with van der Waals surface area (Å²) >= 11 is 6.68. The summed E-state index contributed by atoms with van der Waals surface area (Å²) in [6, 6.07) is 9.38. The molecule has 2 rings (SSSR count). The maximum Gasteiger partial charge on any atom is 0.387 e. The quantitative estimate of drug-likeness (QED) is 0.624. The van der Waals surface area contributed by atoms with E-state index in [0.29, 0.717) is 10.0 Å². The average Bonchev–Trinajstić information content (AvgIpc) is 2.42. The van der Waals surface area contributed by atoms with Gasteiger partial charge in [0.05, 0.1) is 5.56 Å². The molecule has 0 aliphatic rings. The molecule has 0 atom stereocenters. The van der Waals surface area contributed by atoms with E-state index >= 15 is 0 Å². The summed E-state index contributed by atoms with van der Waals surface area (Å²) in [4.78, 5) is 12.6. The van der Waals surface area contributed by atoms with E-state index in [2.05, 4.69) is 36.6 Å². The van der Waals surface area contributed by atoms with E-state index in [1.54, 1.807) is 18.2 Å². The first-order valence-electron chi connectivity index (χ1n) is 5.94. The Hall–Kier alpha value is -1.27. The minimum atomic E-state index is -2.98. The van der Waals surface area contributed by atoms with Crippen LogP contribution < -0.4 is 4.74 Å². The molecule has 6 heteroatoms. The van der Waals surface area contributed by atoms with Crippen molar-refractivity contribution in [3.8, 4) is 5.75 Å². The molecule has 0 amide bonds. The van der Waals surface area contributed by atoms with Gasteiger partial charge in [-0.25, -0.2) is 0 Å². The number of para-hydroxylation sites is 1. The molecular weight excluding hydrogens is 410 g/mol. The molecule has 0 saturated heterocycles. The molecule has 2 aromatic carbocycles. The molecule has 0 aliphatic heterocycles. The van der Waals surface area contributed by atoms with E-state index in [9.17, 15) is 13.6 Å². The molecular formula is C15H10Br2F2O2. The van der Waals surface area contributed by atoms with Crippen molar-refractivity contribution in [2.24, 2.45) is 0 Å². The zero-order valence-electron chi connectivity index (χ0n) is 10.9. The zero-order valence-corrected chi connectivity index (χ0v) is 14.0. The molecule has 2 aromatic rings. The molecule has 0 fully saturated rings. The molecule has 110 valence electrons. The lowest BCUT2D eigenvalue weighted by Crippen LogP contribution is -2.09. The van der Waals surface area contributed by atoms with E-state index in [1.807, 2.05) is 6.92 Å². The van der Waals surface area contributed by atoms with Gasteiger partial charge in [-0.05, 0) is 36.8 Å². The highest BCUT2D eigenvalue weighted by Crippen LogP contribution is 2.30. The second-order valence-corrected chi connectivity index (χ2v) is 5.99. The molecule has 0 saturated carbocycles. The summed E-state index contributed by atoms with van der Waals surface area (Å²) < 4.78 is 30.6. The fourth-order valence-corrected chi connectivity index (χ4v) is 2.80. The Morgan fingerprint density at radius 1 is 1.10 bits per heavy atom. The van der Waals surface area contributed by atoms with Crippen molar-refractivity contribution in [3.05, 3.63) is 62.0 Å². The van der Waals surface area contributed by atoms with Crippen LogP contribution in [0.2, 0.25) is 0 Å². The molecule has 0 radical (unpaired) electrons. The van der Waals surface area contributed by atoms with Gasteiger partial charge in [-0.15, -0.1) is 0 Å². The number of alkyl halides is 2. The Morgan fingerprint density at radius 2 is 1.76 bits per heavy atom. The third kappa shape index (κ3) is 3.68. The highest BCUT2D eigenvalue weighted by molar-refractivity contribution is 9.11. The van der Waals surface area contributed by atoms with Gasteiger partial charge < -0.3 is 4.74 Å². The maximum absolute atomic E-state index is 12.6. The summed E-state index contributed by atoms with van der Waals surface area (Å²) in [5, 5.41) is 0. The van der Waals surface area contributed by atoms with Crippen molar-refractivity contribution >= 4 is 37.6 Å². The van der Waals surface area contributed by atoms with Crippen LogP contribution in [0.15, 0.2) is 45.3 Å². The third-order valence-electron chi connectivity index (χ3n) is 2.84. The molecule has 2 nitrogen and oxygen atoms in total. The molecule has 0 bridgehead atoms. The first-order chi connectivity index (χ1) is 9.90. The fraction of sp³-hybridized carbons (Fsp3) is 0.133. The van der Waals surface area contributed by atoms with Crippen LogP contribution in [0.1, 0.15) is 21.5 Å². The minimum Gasteiger partial charge on any atom is -0.434 e. The number of benzene rings is 2. The van der Waals surface area contributed by atoms with Gasteiger partial charge in [-0.3, -0.25) is 4.79 Å². The number of aryl methyl sites for hydroxylation is 1. The van der Waals surface area contributed by atoms with E-state index in [4.69, 9.17) is 0 Å². The number of hydrogen-bond acceptors (Lipinski definition) is 2. The van der Waals surface area contributed by atoms with Crippen LogP contribution in [0.3, 0.4) is 0 Å². The molecule has 0 heterocycles. The highest BCUT2D eigenvalue weighted by atomic mass is 79.9. The van der Waals surface area contributed by atoms with Crippen LogP contribution in [-0.4, -0.2) is 12.4 Å². The van der Waals surface area contributed by atoms with Crippen LogP contribution in [0.25, 0.3) is 0 Å². The lowest BCUT2D eigenvalue weighted by Gasteiger charge is -2.11. The van der Waals surface area contributed by atoms with Crippen LogP contribution >= 0.6 is 31.9 Å². The van der Waals surface area contributed by atoms with Gasteiger partial charge in [0, 0.05) is 14.5 Å². The lowest BCUT2D eigenvalue weighted by atomic mass is 10.0. The van der Waals surface area contributed by atoms with Crippen molar-refractivity contribution in [1.82, 2.24) is 0 Å². The number of carbonyl (C=O) groups excluding carboxylic acids is 1. The SMILES string of the molecule is Cc1cc(Br)c(C(=O)c2ccccc2OC(F)F)cc1Br. The van der Waals surface area contributed by atoms with Gasteiger partial charge in [0.25, 0.3) is 0 Å². The Kier molecular flexibility index (Phi) is 5.11. The largest absolute Gasteiger partial charge is 0.434 e. The maximum atomic E-state index is 12.6. The van der Waals surface area contributed by atoms with Gasteiger partial charge in [0.2, 0.25) is 0 Å². The second-order valence-electron chi connectivity index (χ2n) is 4.29. The van der Waals surface area contributed by atoms with Crippen LogP contribution in [0, 0.1) is 6.92 Å². The number of hydrogen-bond donors (Lipinski definition) is 0. The van der Waals surface area contributed by atoms with Crippen molar-refractivity contribution in [3.63, 3.8) is 0 Å². The number of rotatable bonds is 4. The second kappa shape index (κ2) is 6.66. The molecule has 0 aliphatic carbocycles. The predicted octanol–water partition coefficient (Wildman–Crippen LogP) is 5.35. The number of ether oxygens (including phenoxy) is 1. The normalized spacial score (nSPS) is 10.8. The number of carbonyl (C=O) groups is 1. The van der Waals surface area contributed by atoms with Gasteiger partial charge in [-0.1, -0.05) is 44.0 Å². The molecule has 0 spiro atoms. The Labute approximate surface area is 137 Å². The summed E-state index contributed by atoms with van der Waals surface area (Å²) in [6.07, 6.45) is 0. The van der Waals surface area contributed by atoms with E-state index in [0.717, 1.165) is 10.0 Å². The van der Waals surface area contributed by atoms with E-state index in [1.165, 1.54) is 18.2 Å². The fourth-order valence-electron chi connectivity index (χ4n) is 1.82. The highest BCUT2D eigenvalue weighted by Gasteiger charge is 2.19.